The Morgan fingerprint density at radius 3 is 2.55 bits per heavy atom. The van der Waals surface area contributed by atoms with Crippen molar-refractivity contribution in [2.75, 3.05) is 0 Å². The SMILES string of the molecule is [CH]1NC(c2ccccc2)=CS1. The van der Waals surface area contributed by atoms with Crippen LogP contribution in [0.4, 0.5) is 0 Å². The summed E-state index contributed by atoms with van der Waals surface area (Å²) in [5, 5.41) is 5.28. The van der Waals surface area contributed by atoms with Crippen LogP contribution in [0.15, 0.2) is 35.7 Å². The highest BCUT2D eigenvalue weighted by atomic mass is 32.2. The predicted octanol–water partition coefficient (Wildman–Crippen LogP) is 2.44. The lowest BCUT2D eigenvalue weighted by atomic mass is 10.2. The molecule has 1 radical (unpaired) electrons. The Kier molecular flexibility index (Phi) is 1.86. The van der Waals surface area contributed by atoms with Gasteiger partial charge in [0.25, 0.3) is 0 Å². The van der Waals surface area contributed by atoms with Crippen molar-refractivity contribution < 1.29 is 0 Å². The molecule has 0 saturated carbocycles. The van der Waals surface area contributed by atoms with Gasteiger partial charge in [0.05, 0.1) is 0 Å². The third-order valence-corrected chi connectivity index (χ3v) is 2.18. The Balaban J connectivity index is 2.29. The van der Waals surface area contributed by atoms with Crippen molar-refractivity contribution in [2.45, 2.75) is 0 Å². The molecule has 1 nitrogen and oxygen atoms in total. The molecule has 11 heavy (non-hydrogen) atoms. The van der Waals surface area contributed by atoms with Gasteiger partial charge >= 0.3 is 0 Å². The average molecular weight is 162 g/mol. The maximum atomic E-state index is 3.17. The first kappa shape index (κ1) is 6.80. The number of nitrogens with one attached hydrogen (secondary N) is 1. The van der Waals surface area contributed by atoms with Gasteiger partial charge in [-0.3, -0.25) is 0 Å². The van der Waals surface area contributed by atoms with Crippen LogP contribution in [0.3, 0.4) is 0 Å². The summed E-state index contributed by atoms with van der Waals surface area (Å²) in [5.41, 5.74) is 2.43. The van der Waals surface area contributed by atoms with E-state index >= 15 is 0 Å². The Hall–Kier alpha value is -0.890. The Labute approximate surface area is 70.5 Å². The number of benzene rings is 1. The van der Waals surface area contributed by atoms with Gasteiger partial charge in [-0.1, -0.05) is 30.3 Å². The van der Waals surface area contributed by atoms with Crippen LogP contribution in [0, 0.1) is 5.88 Å². The van der Waals surface area contributed by atoms with E-state index in [9.17, 15) is 0 Å². The van der Waals surface area contributed by atoms with Crippen LogP contribution in [0.25, 0.3) is 5.70 Å². The van der Waals surface area contributed by atoms with E-state index in [0.29, 0.717) is 0 Å². The van der Waals surface area contributed by atoms with Gasteiger partial charge in [-0.15, -0.1) is 11.8 Å². The molecule has 0 aromatic heterocycles. The van der Waals surface area contributed by atoms with Crippen LogP contribution in [0.1, 0.15) is 5.56 Å². The molecule has 1 aromatic rings. The van der Waals surface area contributed by atoms with E-state index in [0.717, 1.165) is 0 Å². The Bertz CT molecular complexity index is 266. The molecule has 1 aromatic carbocycles. The van der Waals surface area contributed by atoms with E-state index in [1.165, 1.54) is 11.3 Å². The van der Waals surface area contributed by atoms with Crippen molar-refractivity contribution in [2.24, 2.45) is 0 Å². The van der Waals surface area contributed by atoms with Crippen LogP contribution < -0.4 is 5.32 Å². The summed E-state index contributed by atoms with van der Waals surface area (Å²) in [5.74, 6) is 1.97. The fraction of sp³-hybridized carbons (Fsp3) is 0. The molecule has 0 bridgehead atoms. The normalized spacial score (nSPS) is 15.8. The van der Waals surface area contributed by atoms with Gasteiger partial charge in [0.2, 0.25) is 0 Å². The highest BCUT2D eigenvalue weighted by Gasteiger charge is 2.04. The summed E-state index contributed by atoms with van der Waals surface area (Å²) >= 11 is 1.68. The maximum Gasteiger partial charge on any atom is 0.107 e. The van der Waals surface area contributed by atoms with E-state index in [2.05, 4.69) is 22.9 Å². The standard InChI is InChI=1S/C9H8NS/c1-2-4-8(5-3-1)9-6-11-7-10-9/h1-7,10H. The number of rotatable bonds is 1. The second-order valence-electron chi connectivity index (χ2n) is 2.30. The lowest BCUT2D eigenvalue weighted by Crippen LogP contribution is -2.00. The van der Waals surface area contributed by atoms with Gasteiger partial charge < -0.3 is 5.32 Å². The lowest BCUT2D eigenvalue weighted by molar-refractivity contribution is 1.21. The van der Waals surface area contributed by atoms with Crippen LogP contribution in [-0.2, 0) is 0 Å². The number of thioether (sulfide) groups is 1. The second kappa shape index (κ2) is 3.01. The molecule has 0 aliphatic carbocycles. The van der Waals surface area contributed by atoms with Crippen molar-refractivity contribution in [3.05, 3.63) is 47.2 Å². The molecule has 2 rings (SSSR count). The average Bonchev–Trinajstić information content (AvgIpc) is 2.58. The van der Waals surface area contributed by atoms with Crippen molar-refractivity contribution >= 4 is 17.5 Å². The van der Waals surface area contributed by atoms with Gasteiger partial charge in [0, 0.05) is 5.70 Å². The summed E-state index contributed by atoms with van der Waals surface area (Å²) < 4.78 is 0. The number of hydrogen-bond acceptors (Lipinski definition) is 2. The molecule has 1 aliphatic rings. The monoisotopic (exact) mass is 162 g/mol. The predicted molar refractivity (Wildman–Crippen MR) is 49.4 cm³/mol. The van der Waals surface area contributed by atoms with E-state index in [-0.39, 0.29) is 0 Å². The van der Waals surface area contributed by atoms with Crippen LogP contribution >= 0.6 is 11.8 Å². The molecule has 0 atom stereocenters. The molecule has 0 unspecified atom stereocenters. The molecule has 0 saturated heterocycles. The molecule has 1 aliphatic heterocycles. The molecular weight excluding hydrogens is 154 g/mol. The van der Waals surface area contributed by atoms with Crippen LogP contribution in [0.2, 0.25) is 0 Å². The molecule has 0 fully saturated rings. The third-order valence-electron chi connectivity index (χ3n) is 1.55. The van der Waals surface area contributed by atoms with Gasteiger partial charge in [-0.25, -0.2) is 0 Å². The summed E-state index contributed by atoms with van der Waals surface area (Å²) in [6.45, 7) is 0. The fourth-order valence-electron chi connectivity index (χ4n) is 1.00. The summed E-state index contributed by atoms with van der Waals surface area (Å²) in [7, 11) is 0. The fourth-order valence-corrected chi connectivity index (χ4v) is 1.61. The smallest absolute Gasteiger partial charge is 0.107 e. The van der Waals surface area contributed by atoms with E-state index < -0.39 is 0 Å². The van der Waals surface area contributed by atoms with E-state index in [4.69, 9.17) is 0 Å². The zero-order chi connectivity index (χ0) is 7.52. The van der Waals surface area contributed by atoms with Crippen molar-refractivity contribution in [3.8, 4) is 0 Å². The van der Waals surface area contributed by atoms with Crippen molar-refractivity contribution in [1.82, 2.24) is 5.32 Å². The minimum absolute atomic E-state index is 1.19. The third kappa shape index (κ3) is 1.40. The van der Waals surface area contributed by atoms with Crippen LogP contribution in [-0.4, -0.2) is 0 Å². The first-order chi connectivity index (χ1) is 5.47. The minimum atomic E-state index is 1.19. The summed E-state index contributed by atoms with van der Waals surface area (Å²) in [4.78, 5) is 0. The summed E-state index contributed by atoms with van der Waals surface area (Å²) in [6, 6.07) is 10.3. The highest BCUT2D eigenvalue weighted by molar-refractivity contribution is 8.04. The van der Waals surface area contributed by atoms with Gasteiger partial charge in [0.15, 0.2) is 0 Å². The quantitative estimate of drug-likeness (QED) is 0.680. The van der Waals surface area contributed by atoms with E-state index in [1.54, 1.807) is 11.8 Å². The van der Waals surface area contributed by atoms with E-state index in [1.807, 2.05) is 24.1 Å². The molecule has 0 spiro atoms. The summed E-state index contributed by atoms with van der Waals surface area (Å²) in [6.07, 6.45) is 0. The van der Waals surface area contributed by atoms with Gasteiger partial charge in [-0.05, 0) is 11.0 Å². The molecule has 55 valence electrons. The molecule has 1 heterocycles. The topological polar surface area (TPSA) is 12.0 Å². The maximum absolute atomic E-state index is 3.17. The molecule has 2 heteroatoms. The molecule has 1 N–H and O–H groups in total. The number of hydrogen-bond donors (Lipinski definition) is 1. The lowest BCUT2D eigenvalue weighted by Gasteiger charge is -2.00. The first-order valence-electron chi connectivity index (χ1n) is 3.46. The van der Waals surface area contributed by atoms with Crippen LogP contribution in [0.5, 0.6) is 0 Å². The first-order valence-corrected chi connectivity index (χ1v) is 4.40. The highest BCUT2D eigenvalue weighted by Crippen LogP contribution is 2.23. The zero-order valence-corrected chi connectivity index (χ0v) is 6.77. The molecular formula is C9H8NS. The minimum Gasteiger partial charge on any atom is -0.370 e. The second-order valence-corrected chi connectivity index (χ2v) is 3.04. The largest absolute Gasteiger partial charge is 0.370 e. The van der Waals surface area contributed by atoms with Crippen molar-refractivity contribution in [3.63, 3.8) is 0 Å². The zero-order valence-electron chi connectivity index (χ0n) is 5.95. The molecule has 0 amide bonds. The Morgan fingerprint density at radius 1 is 1.09 bits per heavy atom. The van der Waals surface area contributed by atoms with Crippen molar-refractivity contribution in [1.29, 1.82) is 0 Å². The van der Waals surface area contributed by atoms with Gasteiger partial charge in [0.1, 0.15) is 5.88 Å². The van der Waals surface area contributed by atoms with Gasteiger partial charge in [-0.2, -0.15) is 0 Å². The Morgan fingerprint density at radius 2 is 1.91 bits per heavy atom.